The van der Waals surface area contributed by atoms with Crippen LogP contribution in [0.25, 0.3) is 22.5 Å². The zero-order chi connectivity index (χ0) is 25.3. The van der Waals surface area contributed by atoms with Crippen LogP contribution in [0.5, 0.6) is 5.75 Å². The molecule has 178 valence electrons. The highest BCUT2D eigenvalue weighted by Gasteiger charge is 2.26. The predicted molar refractivity (Wildman–Crippen MR) is 134 cm³/mol. The SMILES string of the molecule is COc1ccc(-c2[nH]c(C)c(C(=O)Nc3cccc(C(N)=O)c3)[n+]2[O-])cc1-c1c(C)cccc1C. The van der Waals surface area contributed by atoms with Gasteiger partial charge in [0.15, 0.2) is 5.69 Å². The number of nitrogens with one attached hydrogen (secondary N) is 2. The van der Waals surface area contributed by atoms with E-state index in [1.54, 1.807) is 38.3 Å². The number of hydrogen-bond donors (Lipinski definition) is 3. The van der Waals surface area contributed by atoms with Crippen LogP contribution >= 0.6 is 0 Å². The van der Waals surface area contributed by atoms with Crippen molar-refractivity contribution in [2.75, 3.05) is 12.4 Å². The molecule has 4 N–H and O–H groups in total. The zero-order valence-electron chi connectivity index (χ0n) is 19.9. The lowest BCUT2D eigenvalue weighted by Crippen LogP contribution is -2.36. The van der Waals surface area contributed by atoms with Crippen molar-refractivity contribution in [3.63, 3.8) is 0 Å². The number of anilines is 1. The van der Waals surface area contributed by atoms with Gasteiger partial charge >= 0.3 is 0 Å². The quantitative estimate of drug-likeness (QED) is 0.288. The smallest absolute Gasteiger partial charge is 0.300 e. The first kappa shape index (κ1) is 23.6. The van der Waals surface area contributed by atoms with Gasteiger partial charge < -0.3 is 21.0 Å². The minimum absolute atomic E-state index is 0.0751. The number of rotatable bonds is 6. The number of amides is 2. The maximum atomic E-state index is 13.3. The highest BCUT2D eigenvalue weighted by atomic mass is 16.5. The molecule has 0 aliphatic rings. The van der Waals surface area contributed by atoms with E-state index >= 15 is 0 Å². The van der Waals surface area contributed by atoms with Gasteiger partial charge in [0.2, 0.25) is 11.6 Å². The number of benzene rings is 3. The van der Waals surface area contributed by atoms with Crippen LogP contribution in [0.15, 0.2) is 60.7 Å². The summed E-state index contributed by atoms with van der Waals surface area (Å²) in [6.07, 6.45) is 0. The van der Waals surface area contributed by atoms with Crippen molar-refractivity contribution in [3.05, 3.63) is 93.9 Å². The van der Waals surface area contributed by atoms with E-state index in [0.717, 1.165) is 22.3 Å². The normalized spacial score (nSPS) is 10.7. The molecule has 1 aromatic heterocycles. The Morgan fingerprint density at radius 3 is 2.34 bits per heavy atom. The first-order valence-corrected chi connectivity index (χ1v) is 11.0. The summed E-state index contributed by atoms with van der Waals surface area (Å²) in [4.78, 5) is 27.5. The number of aryl methyl sites for hydroxylation is 3. The van der Waals surface area contributed by atoms with Crippen molar-refractivity contribution in [2.24, 2.45) is 5.73 Å². The Labute approximate surface area is 203 Å². The average Bonchev–Trinajstić information content (AvgIpc) is 3.12. The Hall–Kier alpha value is -4.59. The Bertz CT molecular complexity index is 1440. The van der Waals surface area contributed by atoms with Gasteiger partial charge in [0.25, 0.3) is 11.7 Å². The van der Waals surface area contributed by atoms with E-state index in [2.05, 4.69) is 10.3 Å². The van der Waals surface area contributed by atoms with E-state index < -0.39 is 11.8 Å². The molecule has 0 atom stereocenters. The van der Waals surface area contributed by atoms with Crippen LogP contribution in [0.4, 0.5) is 5.69 Å². The predicted octanol–water partition coefficient (Wildman–Crippen LogP) is 4.27. The van der Waals surface area contributed by atoms with Crippen LogP contribution in [0.2, 0.25) is 0 Å². The monoisotopic (exact) mass is 470 g/mol. The van der Waals surface area contributed by atoms with Gasteiger partial charge in [0.05, 0.1) is 12.7 Å². The molecule has 0 saturated carbocycles. The van der Waals surface area contributed by atoms with Crippen LogP contribution in [0, 0.1) is 26.0 Å². The van der Waals surface area contributed by atoms with Gasteiger partial charge in [0.1, 0.15) is 5.75 Å². The molecule has 1 heterocycles. The number of aromatic nitrogens is 2. The number of carbonyl (C=O) groups is 2. The van der Waals surface area contributed by atoms with Crippen molar-refractivity contribution < 1.29 is 19.1 Å². The number of nitrogens with two attached hydrogens (primary N) is 1. The van der Waals surface area contributed by atoms with Gasteiger partial charge in [-0.3, -0.25) is 9.59 Å². The number of nitrogens with zero attached hydrogens (tertiary/aromatic N) is 1. The fourth-order valence-corrected chi connectivity index (χ4v) is 4.23. The Kier molecular flexibility index (Phi) is 6.29. The van der Waals surface area contributed by atoms with Gasteiger partial charge in [-0.25, -0.2) is 9.71 Å². The van der Waals surface area contributed by atoms with E-state index in [9.17, 15) is 14.8 Å². The topological polar surface area (TPSA) is 124 Å². The van der Waals surface area contributed by atoms with Crippen LogP contribution in [0.1, 0.15) is 37.7 Å². The van der Waals surface area contributed by atoms with Crippen molar-refractivity contribution in [1.82, 2.24) is 4.98 Å². The van der Waals surface area contributed by atoms with Crippen LogP contribution in [0.3, 0.4) is 0 Å². The molecular weight excluding hydrogens is 444 g/mol. The van der Waals surface area contributed by atoms with E-state index in [1.165, 1.54) is 6.07 Å². The summed E-state index contributed by atoms with van der Waals surface area (Å²) in [5, 5.41) is 15.9. The summed E-state index contributed by atoms with van der Waals surface area (Å²) in [7, 11) is 1.61. The first-order valence-electron chi connectivity index (χ1n) is 11.0. The Balaban J connectivity index is 1.74. The molecule has 0 unspecified atom stereocenters. The highest BCUT2D eigenvalue weighted by molar-refractivity contribution is 6.03. The molecule has 0 bridgehead atoms. The average molecular weight is 471 g/mol. The summed E-state index contributed by atoms with van der Waals surface area (Å²) in [6, 6.07) is 17.7. The van der Waals surface area contributed by atoms with Crippen LogP contribution in [-0.2, 0) is 0 Å². The number of methoxy groups -OCH3 is 1. The van der Waals surface area contributed by atoms with Crippen molar-refractivity contribution in [1.29, 1.82) is 0 Å². The Morgan fingerprint density at radius 2 is 1.69 bits per heavy atom. The number of H-pyrrole nitrogens is 1. The van der Waals surface area contributed by atoms with E-state index in [4.69, 9.17) is 10.5 Å². The lowest BCUT2D eigenvalue weighted by Gasteiger charge is -2.15. The number of primary amides is 1. The second kappa shape index (κ2) is 9.34. The third-order valence-corrected chi connectivity index (χ3v) is 5.91. The van der Waals surface area contributed by atoms with Crippen LogP contribution < -0.4 is 20.5 Å². The summed E-state index contributed by atoms with van der Waals surface area (Å²) < 4.78 is 6.18. The molecule has 0 saturated heterocycles. The van der Waals surface area contributed by atoms with Crippen molar-refractivity contribution in [2.45, 2.75) is 20.8 Å². The fraction of sp³-hybridized carbons (Fsp3) is 0.148. The van der Waals surface area contributed by atoms with Crippen molar-refractivity contribution >= 4 is 17.5 Å². The van der Waals surface area contributed by atoms with Crippen molar-refractivity contribution in [3.8, 4) is 28.3 Å². The molecule has 0 aliphatic heterocycles. The standard InChI is InChI=1S/C27H26N4O4/c1-15-7-5-8-16(2)23(15)21-14-19(11-12-22(21)35-4)26-29-17(3)24(31(26)34)27(33)30-20-10-6-9-18(13-20)25(28)32/h5-14,29H,1-4H3,(H2,28,32)(H,30,33). The lowest BCUT2D eigenvalue weighted by atomic mass is 9.93. The first-order chi connectivity index (χ1) is 16.7. The molecule has 2 amide bonds. The summed E-state index contributed by atoms with van der Waals surface area (Å²) in [5.41, 5.74) is 10.9. The van der Waals surface area contributed by atoms with Gasteiger partial charge in [-0.1, -0.05) is 24.3 Å². The summed E-state index contributed by atoms with van der Waals surface area (Å²) in [6.45, 7) is 5.70. The highest BCUT2D eigenvalue weighted by Crippen LogP contribution is 2.37. The Morgan fingerprint density at radius 1 is 1.00 bits per heavy atom. The number of hydrogen-bond acceptors (Lipinski definition) is 4. The van der Waals surface area contributed by atoms with Gasteiger partial charge in [-0.15, -0.1) is 0 Å². The maximum Gasteiger partial charge on any atom is 0.300 e. The minimum atomic E-state index is -0.612. The molecule has 0 radical (unpaired) electrons. The molecule has 8 heteroatoms. The molecule has 8 nitrogen and oxygen atoms in total. The minimum Gasteiger partial charge on any atom is -0.710 e. The van der Waals surface area contributed by atoms with Gasteiger partial charge in [-0.2, -0.15) is 0 Å². The maximum absolute atomic E-state index is 13.3. The largest absolute Gasteiger partial charge is 0.710 e. The third kappa shape index (κ3) is 4.46. The molecule has 4 aromatic rings. The molecule has 4 rings (SSSR count). The zero-order valence-corrected chi connectivity index (χ0v) is 19.9. The van der Waals surface area contributed by atoms with E-state index in [0.29, 0.717) is 27.4 Å². The lowest BCUT2D eigenvalue weighted by molar-refractivity contribution is -0.594. The number of ether oxygens (including phenoxy) is 1. The second-order valence-electron chi connectivity index (χ2n) is 8.32. The molecule has 0 fully saturated rings. The molecule has 3 aromatic carbocycles. The van der Waals surface area contributed by atoms with Crippen LogP contribution in [-0.4, -0.2) is 23.9 Å². The molecule has 0 aliphatic carbocycles. The molecule has 0 spiro atoms. The van der Waals surface area contributed by atoms with Gasteiger partial charge in [-0.05, 0) is 66.9 Å². The van der Waals surface area contributed by atoms with E-state index in [-0.39, 0.29) is 17.1 Å². The number of carbonyl (C=O) groups excluding carboxylic acids is 2. The fourth-order valence-electron chi connectivity index (χ4n) is 4.23. The number of aromatic amines is 1. The molecule has 35 heavy (non-hydrogen) atoms. The second-order valence-corrected chi connectivity index (χ2v) is 8.32. The molecular formula is C27H26N4O4. The number of imidazole rings is 1. The van der Waals surface area contributed by atoms with Gasteiger partial charge in [0, 0.05) is 23.7 Å². The summed E-state index contributed by atoms with van der Waals surface area (Å²) in [5.74, 6) is -0.308. The van der Waals surface area contributed by atoms with E-state index in [1.807, 2.05) is 44.2 Å². The third-order valence-electron chi connectivity index (χ3n) is 5.91. The summed E-state index contributed by atoms with van der Waals surface area (Å²) >= 11 is 0.